The van der Waals surface area contributed by atoms with Crippen LogP contribution in [0.3, 0.4) is 0 Å². The summed E-state index contributed by atoms with van der Waals surface area (Å²) in [6.45, 7) is 2.44. The van der Waals surface area contributed by atoms with Crippen LogP contribution in [0.5, 0.6) is 11.5 Å². The molecule has 0 saturated heterocycles. The fraction of sp³-hybridized carbons (Fsp3) is 0.118. The van der Waals surface area contributed by atoms with Crippen molar-refractivity contribution in [2.45, 2.75) is 6.92 Å². The Hall–Kier alpha value is -1.97. The zero-order chi connectivity index (χ0) is 15.7. The Labute approximate surface area is 138 Å². The lowest BCUT2D eigenvalue weighted by Gasteiger charge is -2.04. The van der Waals surface area contributed by atoms with E-state index in [9.17, 15) is 4.79 Å². The van der Waals surface area contributed by atoms with Crippen LogP contribution in [0.4, 0.5) is 0 Å². The fourth-order valence-electron chi connectivity index (χ4n) is 2.20. The van der Waals surface area contributed by atoms with Gasteiger partial charge in [0.05, 0.1) is 12.2 Å². The highest BCUT2D eigenvalue weighted by atomic mass is 35.5. The molecule has 2 aromatic rings. The number of ether oxygens (including phenoxy) is 2. The van der Waals surface area contributed by atoms with Crippen LogP contribution in [0.15, 0.2) is 42.2 Å². The first-order chi connectivity index (χ1) is 10.6. The van der Waals surface area contributed by atoms with E-state index in [0.29, 0.717) is 39.3 Å². The van der Waals surface area contributed by atoms with E-state index in [1.165, 1.54) is 0 Å². The molecule has 0 unspecified atom stereocenters. The van der Waals surface area contributed by atoms with Gasteiger partial charge in [-0.15, -0.1) is 0 Å². The lowest BCUT2D eigenvalue weighted by molar-refractivity contribution is 0.101. The summed E-state index contributed by atoms with van der Waals surface area (Å²) in [6, 6.07) is 10.3. The van der Waals surface area contributed by atoms with Crippen LogP contribution in [0.25, 0.3) is 6.08 Å². The van der Waals surface area contributed by atoms with Gasteiger partial charge in [0.1, 0.15) is 11.5 Å². The molecular weight excluding hydrogens is 323 g/mol. The van der Waals surface area contributed by atoms with E-state index >= 15 is 0 Å². The van der Waals surface area contributed by atoms with Crippen LogP contribution in [0.1, 0.15) is 22.8 Å². The lowest BCUT2D eigenvalue weighted by Crippen LogP contribution is -1.98. The number of ketones is 1. The SMILES string of the molecule is CCOc1ccc2c(c1)O/C(=C\c1c(Cl)cccc1Cl)C2=O. The molecule has 1 aliphatic heterocycles. The summed E-state index contributed by atoms with van der Waals surface area (Å²) >= 11 is 12.2. The van der Waals surface area contributed by atoms with Gasteiger partial charge < -0.3 is 9.47 Å². The van der Waals surface area contributed by atoms with Crippen molar-refractivity contribution >= 4 is 35.1 Å². The Bertz CT molecular complexity index is 761. The van der Waals surface area contributed by atoms with Gasteiger partial charge >= 0.3 is 0 Å². The number of carbonyl (C=O) groups excluding carboxylic acids is 1. The first-order valence-electron chi connectivity index (χ1n) is 6.75. The highest BCUT2D eigenvalue weighted by Crippen LogP contribution is 2.36. The lowest BCUT2D eigenvalue weighted by atomic mass is 10.1. The van der Waals surface area contributed by atoms with Crippen molar-refractivity contribution in [3.63, 3.8) is 0 Å². The predicted molar refractivity (Wildman–Crippen MR) is 87.0 cm³/mol. The highest BCUT2D eigenvalue weighted by Gasteiger charge is 2.28. The van der Waals surface area contributed by atoms with Gasteiger partial charge in [0.2, 0.25) is 5.78 Å². The molecule has 22 heavy (non-hydrogen) atoms. The molecule has 0 radical (unpaired) electrons. The number of benzene rings is 2. The number of carbonyl (C=O) groups is 1. The summed E-state index contributed by atoms with van der Waals surface area (Å²) in [7, 11) is 0. The molecule has 0 bridgehead atoms. The Kier molecular flexibility index (Phi) is 4.10. The molecule has 0 fully saturated rings. The minimum absolute atomic E-state index is 0.193. The van der Waals surface area contributed by atoms with Gasteiger partial charge in [0, 0.05) is 21.7 Å². The zero-order valence-corrected chi connectivity index (χ0v) is 13.2. The van der Waals surface area contributed by atoms with Crippen LogP contribution < -0.4 is 9.47 Å². The Balaban J connectivity index is 1.98. The van der Waals surface area contributed by atoms with Crippen molar-refractivity contribution in [1.29, 1.82) is 0 Å². The fourth-order valence-corrected chi connectivity index (χ4v) is 2.71. The van der Waals surface area contributed by atoms with Gasteiger partial charge in [0.25, 0.3) is 0 Å². The quantitative estimate of drug-likeness (QED) is 0.740. The molecule has 0 amide bonds. The van der Waals surface area contributed by atoms with E-state index in [0.717, 1.165) is 0 Å². The van der Waals surface area contributed by atoms with Crippen LogP contribution in [-0.2, 0) is 0 Å². The van der Waals surface area contributed by atoms with Crippen molar-refractivity contribution in [2.24, 2.45) is 0 Å². The summed E-state index contributed by atoms with van der Waals surface area (Å²) in [5.74, 6) is 1.13. The third-order valence-corrected chi connectivity index (χ3v) is 3.89. The molecule has 0 aliphatic carbocycles. The molecule has 1 heterocycles. The first kappa shape index (κ1) is 14.9. The van der Waals surface area contributed by atoms with Crippen LogP contribution in [-0.4, -0.2) is 12.4 Å². The zero-order valence-electron chi connectivity index (χ0n) is 11.7. The summed E-state index contributed by atoms with van der Waals surface area (Å²) in [5.41, 5.74) is 1.06. The maximum atomic E-state index is 12.4. The Morgan fingerprint density at radius 2 is 1.91 bits per heavy atom. The van der Waals surface area contributed by atoms with E-state index in [4.69, 9.17) is 32.7 Å². The summed E-state index contributed by atoms with van der Waals surface area (Å²) in [4.78, 5) is 12.4. The molecule has 5 heteroatoms. The molecule has 0 spiro atoms. The number of fused-ring (bicyclic) bond motifs is 1. The average Bonchev–Trinajstić information content (AvgIpc) is 2.79. The van der Waals surface area contributed by atoms with E-state index in [1.807, 2.05) is 6.92 Å². The van der Waals surface area contributed by atoms with Crippen LogP contribution >= 0.6 is 23.2 Å². The van der Waals surface area contributed by atoms with Gasteiger partial charge in [-0.25, -0.2) is 0 Å². The van der Waals surface area contributed by atoms with E-state index in [2.05, 4.69) is 0 Å². The van der Waals surface area contributed by atoms with Crippen molar-refractivity contribution in [1.82, 2.24) is 0 Å². The number of hydrogen-bond donors (Lipinski definition) is 0. The largest absolute Gasteiger partial charge is 0.494 e. The van der Waals surface area contributed by atoms with Gasteiger partial charge in [-0.3, -0.25) is 4.79 Å². The standard InChI is InChI=1S/C17H12Cl2O3/c1-2-21-10-6-7-11-15(8-10)22-16(17(11)20)9-12-13(18)4-3-5-14(12)19/h3-9H,2H2,1H3/b16-9-. The molecule has 112 valence electrons. The number of allylic oxidation sites excluding steroid dienone is 1. The second kappa shape index (κ2) is 6.03. The molecule has 3 nitrogen and oxygen atoms in total. The molecule has 2 aromatic carbocycles. The average molecular weight is 335 g/mol. The highest BCUT2D eigenvalue weighted by molar-refractivity contribution is 6.37. The number of Topliss-reactive ketones (excluding diaryl/α,β-unsaturated/α-hetero) is 1. The molecule has 0 aromatic heterocycles. The molecule has 0 saturated carbocycles. The van der Waals surface area contributed by atoms with Gasteiger partial charge in [0.15, 0.2) is 5.76 Å². The second-order valence-electron chi connectivity index (χ2n) is 4.67. The molecule has 1 aliphatic rings. The van der Waals surface area contributed by atoms with Crippen molar-refractivity contribution < 1.29 is 14.3 Å². The maximum Gasteiger partial charge on any atom is 0.231 e. The van der Waals surface area contributed by atoms with Crippen molar-refractivity contribution in [2.75, 3.05) is 6.61 Å². The van der Waals surface area contributed by atoms with Crippen LogP contribution in [0, 0.1) is 0 Å². The molecule has 3 rings (SSSR count). The van der Waals surface area contributed by atoms with Gasteiger partial charge in [-0.1, -0.05) is 29.3 Å². The smallest absolute Gasteiger partial charge is 0.231 e. The molecular formula is C17H12Cl2O3. The topological polar surface area (TPSA) is 35.5 Å². The minimum atomic E-state index is -0.200. The van der Waals surface area contributed by atoms with Crippen molar-refractivity contribution in [3.05, 3.63) is 63.3 Å². The van der Waals surface area contributed by atoms with Crippen LogP contribution in [0.2, 0.25) is 10.0 Å². The normalized spacial score (nSPS) is 14.9. The number of halogens is 2. The Morgan fingerprint density at radius 3 is 2.59 bits per heavy atom. The Morgan fingerprint density at radius 1 is 1.18 bits per heavy atom. The summed E-state index contributed by atoms with van der Waals surface area (Å²) < 4.78 is 11.0. The number of hydrogen-bond acceptors (Lipinski definition) is 3. The second-order valence-corrected chi connectivity index (χ2v) is 5.48. The third kappa shape index (κ3) is 2.70. The van der Waals surface area contributed by atoms with Crippen molar-refractivity contribution in [3.8, 4) is 11.5 Å². The monoisotopic (exact) mass is 334 g/mol. The maximum absolute atomic E-state index is 12.4. The molecule has 0 atom stereocenters. The third-order valence-electron chi connectivity index (χ3n) is 3.23. The summed E-state index contributed by atoms with van der Waals surface area (Å²) in [6.07, 6.45) is 1.56. The number of rotatable bonds is 3. The van der Waals surface area contributed by atoms with E-state index in [1.54, 1.807) is 42.5 Å². The molecule has 0 N–H and O–H groups in total. The van der Waals surface area contributed by atoms with E-state index < -0.39 is 0 Å². The van der Waals surface area contributed by atoms with Gasteiger partial charge in [-0.2, -0.15) is 0 Å². The first-order valence-corrected chi connectivity index (χ1v) is 7.51. The summed E-state index contributed by atoms with van der Waals surface area (Å²) in [5, 5.41) is 0.921. The minimum Gasteiger partial charge on any atom is -0.494 e. The van der Waals surface area contributed by atoms with Gasteiger partial charge in [-0.05, 0) is 37.3 Å². The van der Waals surface area contributed by atoms with E-state index in [-0.39, 0.29) is 11.5 Å². The predicted octanol–water partition coefficient (Wildman–Crippen LogP) is 5.01.